The molecule has 7 heteroatoms. The molecule has 0 bridgehead atoms. The minimum absolute atomic E-state index is 0.0132. The number of carboxylic acids is 1. The molecule has 0 aliphatic heterocycles. The summed E-state index contributed by atoms with van der Waals surface area (Å²) in [5.41, 5.74) is -3.69. The van der Waals surface area contributed by atoms with Crippen LogP contribution in [0.5, 0.6) is 0 Å². The average molecular weight is 382 g/mol. The standard InChI is InChI=1S/C13H19NO3.C6H12O3/c1-10(13(2,3)16)12(15)14-17-9-11-7-5-4-6-8-11;1-4(5(7)8)6(2,3)9/h4-8,10,16H,9H2,1-3H3,(H,14,15);4,9H,1-3H3,(H,7,8)/t10-;4-/m11/s1/i2*2D3,3D3. The number of hydroxylamine groups is 1. The fourth-order valence-corrected chi connectivity index (χ4v) is 1.22. The molecule has 148 valence electrons. The van der Waals surface area contributed by atoms with Crippen molar-refractivity contribution in [3.63, 3.8) is 0 Å². The third-order valence-corrected chi connectivity index (χ3v) is 3.27. The van der Waals surface area contributed by atoms with Crippen LogP contribution < -0.4 is 5.48 Å². The zero-order chi connectivity index (χ0) is 30.5. The first-order valence-corrected chi connectivity index (χ1v) is 7.40. The summed E-state index contributed by atoms with van der Waals surface area (Å²) in [6, 6.07) is 8.83. The van der Waals surface area contributed by atoms with Crippen LogP contribution in [0.25, 0.3) is 0 Å². The molecule has 1 amide bonds. The summed E-state index contributed by atoms with van der Waals surface area (Å²) in [6.45, 7) is -11.2. The summed E-state index contributed by atoms with van der Waals surface area (Å²) in [5.74, 6) is -6.36. The number of carbonyl (C=O) groups is 2. The van der Waals surface area contributed by atoms with E-state index in [1.165, 1.54) is 0 Å². The van der Waals surface area contributed by atoms with Gasteiger partial charge in [-0.15, -0.1) is 0 Å². The van der Waals surface area contributed by atoms with Gasteiger partial charge in [-0.25, -0.2) is 5.48 Å². The van der Waals surface area contributed by atoms with Crippen LogP contribution >= 0.6 is 0 Å². The monoisotopic (exact) mass is 381 g/mol. The first-order valence-electron chi connectivity index (χ1n) is 13.4. The number of hydrogen-bond donors (Lipinski definition) is 4. The quantitative estimate of drug-likeness (QED) is 0.538. The van der Waals surface area contributed by atoms with Gasteiger partial charge in [-0.05, 0) is 39.9 Å². The SMILES string of the molecule is [2H]C([2H])([2H])C(O)([C@H](C)C(=O)NOCc1ccccc1)C([2H])([2H])[2H].[2H]C([2H])([2H])C(O)([C@H](C)C(=O)O)C([2H])([2H])[2H]. The maximum Gasteiger partial charge on any atom is 0.309 e. The Bertz CT molecular complexity index is 899. The van der Waals surface area contributed by atoms with Gasteiger partial charge in [-0.3, -0.25) is 14.4 Å². The first kappa shape index (κ1) is 10.4. The van der Waals surface area contributed by atoms with Gasteiger partial charge in [-0.2, -0.15) is 0 Å². The predicted molar refractivity (Wildman–Crippen MR) is 97.9 cm³/mol. The summed E-state index contributed by atoms with van der Waals surface area (Å²) in [5, 5.41) is 28.4. The average Bonchev–Trinajstić information content (AvgIpc) is 2.74. The molecule has 2 atom stereocenters. The van der Waals surface area contributed by atoms with E-state index >= 15 is 0 Å². The molecule has 0 saturated heterocycles. The van der Waals surface area contributed by atoms with E-state index in [4.69, 9.17) is 26.4 Å². The minimum Gasteiger partial charge on any atom is -0.481 e. The Labute approximate surface area is 171 Å². The van der Waals surface area contributed by atoms with Crippen LogP contribution in [0.4, 0.5) is 0 Å². The molecule has 7 nitrogen and oxygen atoms in total. The summed E-state index contributed by atoms with van der Waals surface area (Å²) < 4.78 is 85.2. The summed E-state index contributed by atoms with van der Waals surface area (Å²) in [7, 11) is 0. The Hall–Kier alpha value is -1.96. The summed E-state index contributed by atoms with van der Waals surface area (Å²) in [6.07, 6.45) is 0. The van der Waals surface area contributed by atoms with E-state index in [9.17, 15) is 19.8 Å². The van der Waals surface area contributed by atoms with Gasteiger partial charge in [0.2, 0.25) is 5.91 Å². The Kier molecular flexibility index (Phi) is 4.10. The molecule has 1 aromatic rings. The molecule has 1 rings (SSSR count). The number of hydrogen-bond acceptors (Lipinski definition) is 5. The molecule has 0 saturated carbocycles. The lowest BCUT2D eigenvalue weighted by Crippen LogP contribution is -2.41. The number of amides is 1. The molecule has 0 radical (unpaired) electrons. The Balaban J connectivity index is 0.000000793. The summed E-state index contributed by atoms with van der Waals surface area (Å²) >= 11 is 0. The molecule has 0 fully saturated rings. The molecule has 0 heterocycles. The van der Waals surface area contributed by atoms with E-state index < -0.39 is 62.3 Å². The first-order chi connectivity index (χ1) is 16.8. The van der Waals surface area contributed by atoms with E-state index in [2.05, 4.69) is 0 Å². The van der Waals surface area contributed by atoms with Crippen LogP contribution in [0, 0.1) is 11.8 Å². The molecule has 0 aromatic heterocycles. The Morgan fingerprint density at radius 3 is 2.00 bits per heavy atom. The fourth-order valence-electron chi connectivity index (χ4n) is 1.22. The van der Waals surface area contributed by atoms with Gasteiger partial charge >= 0.3 is 5.97 Å². The number of aliphatic carboxylic acids is 1. The van der Waals surface area contributed by atoms with Gasteiger partial charge in [0.1, 0.15) is 0 Å². The molecule has 0 unspecified atom stereocenters. The molecule has 0 aliphatic rings. The molecule has 0 spiro atoms. The highest BCUT2D eigenvalue weighted by atomic mass is 16.6. The zero-order valence-electron chi connectivity index (χ0n) is 26.3. The van der Waals surface area contributed by atoms with Crippen LogP contribution in [-0.4, -0.2) is 38.4 Å². The van der Waals surface area contributed by atoms with E-state index in [0.29, 0.717) is 0 Å². The summed E-state index contributed by atoms with van der Waals surface area (Å²) in [4.78, 5) is 27.5. The van der Waals surface area contributed by atoms with Gasteiger partial charge < -0.3 is 15.3 Å². The molecule has 4 N–H and O–H groups in total. The molecular weight excluding hydrogens is 338 g/mol. The van der Waals surface area contributed by atoms with E-state index in [1.54, 1.807) is 30.3 Å². The van der Waals surface area contributed by atoms with Crippen LogP contribution in [0.2, 0.25) is 0 Å². The number of carboxylic acid groups (broad SMARTS) is 1. The van der Waals surface area contributed by atoms with Gasteiger partial charge in [0.25, 0.3) is 0 Å². The number of carbonyl (C=O) groups excluding carboxylic acids is 1. The van der Waals surface area contributed by atoms with Crippen molar-refractivity contribution in [1.29, 1.82) is 0 Å². The lowest BCUT2D eigenvalue weighted by molar-refractivity contribution is -0.148. The molecule has 26 heavy (non-hydrogen) atoms. The number of rotatable bonds is 7. The van der Waals surface area contributed by atoms with Crippen molar-refractivity contribution in [2.24, 2.45) is 11.8 Å². The van der Waals surface area contributed by atoms with Crippen LogP contribution in [0.15, 0.2) is 30.3 Å². The highest BCUT2D eigenvalue weighted by Gasteiger charge is 2.29. The Morgan fingerprint density at radius 1 is 1.08 bits per heavy atom. The van der Waals surface area contributed by atoms with E-state index in [1.807, 2.05) is 5.48 Å². The van der Waals surface area contributed by atoms with Crippen molar-refractivity contribution in [3.8, 4) is 0 Å². The highest BCUT2D eigenvalue weighted by molar-refractivity contribution is 5.78. The highest BCUT2D eigenvalue weighted by Crippen LogP contribution is 2.15. The number of nitrogens with one attached hydrogen (secondary N) is 1. The Morgan fingerprint density at radius 2 is 1.58 bits per heavy atom. The fraction of sp³-hybridized carbons (Fsp3) is 0.579. The molecular formula is C19H31NO6. The predicted octanol–water partition coefficient (Wildman–Crippen LogP) is 2.12. The van der Waals surface area contributed by atoms with Gasteiger partial charge in [-0.1, -0.05) is 37.3 Å². The normalized spacial score (nSPS) is 22.6. The van der Waals surface area contributed by atoms with Crippen molar-refractivity contribution in [1.82, 2.24) is 5.48 Å². The minimum atomic E-state index is -3.30. The molecule has 1 aromatic carbocycles. The maximum atomic E-state index is 12.0. The maximum absolute atomic E-state index is 12.0. The van der Waals surface area contributed by atoms with Crippen molar-refractivity contribution in [3.05, 3.63) is 35.9 Å². The van der Waals surface area contributed by atoms with Crippen molar-refractivity contribution in [2.45, 2.75) is 59.1 Å². The third-order valence-electron chi connectivity index (χ3n) is 3.27. The second kappa shape index (κ2) is 10.3. The number of aliphatic hydroxyl groups is 2. The van der Waals surface area contributed by atoms with Crippen molar-refractivity contribution >= 4 is 11.9 Å². The van der Waals surface area contributed by atoms with Gasteiger partial charge in [0.05, 0.1) is 29.6 Å². The second-order valence-electron chi connectivity index (χ2n) is 5.55. The van der Waals surface area contributed by atoms with Gasteiger partial charge in [0, 0.05) is 16.4 Å². The second-order valence-corrected chi connectivity index (χ2v) is 5.55. The van der Waals surface area contributed by atoms with E-state index in [0.717, 1.165) is 19.4 Å². The van der Waals surface area contributed by atoms with Crippen LogP contribution in [-0.2, 0) is 21.0 Å². The van der Waals surface area contributed by atoms with Crippen molar-refractivity contribution in [2.75, 3.05) is 0 Å². The number of benzene rings is 1. The van der Waals surface area contributed by atoms with E-state index in [-0.39, 0.29) is 6.61 Å². The molecule has 0 aliphatic carbocycles. The third kappa shape index (κ3) is 9.50. The lowest BCUT2D eigenvalue weighted by Gasteiger charge is -2.24. The van der Waals surface area contributed by atoms with Gasteiger partial charge in [0.15, 0.2) is 0 Å². The smallest absolute Gasteiger partial charge is 0.309 e. The van der Waals surface area contributed by atoms with Crippen LogP contribution in [0.3, 0.4) is 0 Å². The topological polar surface area (TPSA) is 116 Å². The lowest BCUT2D eigenvalue weighted by atomic mass is 9.92. The zero-order valence-corrected chi connectivity index (χ0v) is 14.3. The van der Waals surface area contributed by atoms with Crippen LogP contribution in [0.1, 0.15) is 63.3 Å². The largest absolute Gasteiger partial charge is 0.481 e. The van der Waals surface area contributed by atoms with Crippen molar-refractivity contribution < 1.29 is 46.2 Å².